The number of halogens is 1. The minimum absolute atomic E-state index is 0.176. The predicted octanol–water partition coefficient (Wildman–Crippen LogP) is 4.47. The molecule has 0 aliphatic carbocycles. The van der Waals surface area contributed by atoms with Crippen molar-refractivity contribution in [2.45, 2.75) is 43.6 Å². The first-order valence-corrected chi connectivity index (χ1v) is 10.2. The van der Waals surface area contributed by atoms with Gasteiger partial charge in [-0.1, -0.05) is 54.1 Å². The molecule has 4 nitrogen and oxygen atoms in total. The first-order valence-electron chi connectivity index (χ1n) is 9.84. The predicted molar refractivity (Wildman–Crippen MR) is 109 cm³/mol. The van der Waals surface area contributed by atoms with Gasteiger partial charge in [0.15, 0.2) is 0 Å². The lowest BCUT2D eigenvalue weighted by molar-refractivity contribution is -0.162. The molecule has 0 aromatic heterocycles. The van der Waals surface area contributed by atoms with Crippen LogP contribution >= 0.6 is 11.6 Å². The van der Waals surface area contributed by atoms with Crippen LogP contribution in [0.5, 0.6) is 0 Å². The summed E-state index contributed by atoms with van der Waals surface area (Å²) in [5.41, 5.74) is 2.10. The van der Waals surface area contributed by atoms with Crippen molar-refractivity contribution in [3.8, 4) is 0 Å². The van der Waals surface area contributed by atoms with Gasteiger partial charge in [0.05, 0.1) is 19.1 Å². The number of hydrogen-bond acceptors (Lipinski definition) is 4. The maximum absolute atomic E-state index is 12.7. The van der Waals surface area contributed by atoms with Gasteiger partial charge in [0, 0.05) is 17.1 Å². The Kier molecular flexibility index (Phi) is 5.72. The van der Waals surface area contributed by atoms with Gasteiger partial charge in [-0.15, -0.1) is 0 Å². The third kappa shape index (κ3) is 3.69. The third-order valence-corrected chi connectivity index (χ3v) is 6.53. The van der Waals surface area contributed by atoms with E-state index in [4.69, 9.17) is 21.1 Å². The molecular formula is C23H26ClNO3. The highest BCUT2D eigenvalue weighted by atomic mass is 35.5. The van der Waals surface area contributed by atoms with Crippen LogP contribution in [0.1, 0.15) is 36.5 Å². The van der Waals surface area contributed by atoms with Crippen molar-refractivity contribution >= 4 is 17.6 Å². The molecule has 5 heteroatoms. The number of fused-ring (bicyclic) bond motifs is 2. The first kappa shape index (κ1) is 19.4. The number of rotatable bonds is 5. The van der Waals surface area contributed by atoms with Crippen LogP contribution in [0.25, 0.3) is 0 Å². The molecule has 2 saturated heterocycles. The van der Waals surface area contributed by atoms with Gasteiger partial charge >= 0.3 is 5.97 Å². The van der Waals surface area contributed by atoms with Crippen LogP contribution in [0, 0.1) is 5.92 Å². The summed E-state index contributed by atoms with van der Waals surface area (Å²) in [7, 11) is 3.58. The Morgan fingerprint density at radius 3 is 2.43 bits per heavy atom. The highest BCUT2D eigenvalue weighted by molar-refractivity contribution is 6.30. The van der Waals surface area contributed by atoms with Crippen molar-refractivity contribution in [2.75, 3.05) is 14.2 Å². The highest BCUT2D eigenvalue weighted by Gasteiger charge is 2.50. The Labute approximate surface area is 171 Å². The summed E-state index contributed by atoms with van der Waals surface area (Å²) in [6.07, 6.45) is 2.52. The second-order valence-electron chi connectivity index (χ2n) is 7.77. The lowest BCUT2D eigenvalue weighted by Gasteiger charge is -2.42. The number of ether oxygens (including phenoxy) is 2. The Hall–Kier alpha value is -1.88. The average Bonchev–Trinajstić information content (AvgIpc) is 2.96. The summed E-state index contributed by atoms with van der Waals surface area (Å²) < 4.78 is 11.9. The zero-order valence-corrected chi connectivity index (χ0v) is 17.0. The minimum atomic E-state index is -0.271. The summed E-state index contributed by atoms with van der Waals surface area (Å²) in [6.45, 7) is 0. The molecule has 1 unspecified atom stereocenters. The van der Waals surface area contributed by atoms with Gasteiger partial charge in [-0.2, -0.15) is 0 Å². The van der Waals surface area contributed by atoms with E-state index < -0.39 is 0 Å². The second-order valence-corrected chi connectivity index (χ2v) is 8.20. The molecule has 2 aromatic carbocycles. The summed E-state index contributed by atoms with van der Waals surface area (Å²) in [6, 6.07) is 18.5. The number of nitrogens with zero attached hydrogens (tertiary/aromatic N) is 1. The van der Waals surface area contributed by atoms with Gasteiger partial charge in [0.1, 0.15) is 6.10 Å². The zero-order valence-electron chi connectivity index (χ0n) is 16.3. The number of benzene rings is 2. The number of hydrogen-bond donors (Lipinski definition) is 0. The fraction of sp³-hybridized carbons (Fsp3) is 0.435. The molecule has 0 saturated carbocycles. The fourth-order valence-corrected chi connectivity index (χ4v) is 4.92. The quantitative estimate of drug-likeness (QED) is 0.695. The van der Waals surface area contributed by atoms with E-state index >= 15 is 0 Å². The third-order valence-electron chi connectivity index (χ3n) is 6.27. The van der Waals surface area contributed by atoms with E-state index in [9.17, 15) is 4.79 Å². The smallest absolute Gasteiger partial charge is 0.312 e. The van der Waals surface area contributed by atoms with Gasteiger partial charge in [-0.25, -0.2) is 0 Å². The summed E-state index contributed by atoms with van der Waals surface area (Å²) in [4.78, 5) is 15.0. The molecule has 0 spiro atoms. The summed E-state index contributed by atoms with van der Waals surface area (Å²) in [5.74, 6) is -0.447. The molecule has 2 aliphatic heterocycles. The lowest BCUT2D eigenvalue weighted by atomic mass is 9.87. The van der Waals surface area contributed by atoms with Gasteiger partial charge in [-0.3, -0.25) is 9.69 Å². The molecule has 28 heavy (non-hydrogen) atoms. The van der Waals surface area contributed by atoms with Crippen LogP contribution in [0.4, 0.5) is 0 Å². The molecule has 4 rings (SSSR count). The van der Waals surface area contributed by atoms with Crippen LogP contribution in [-0.4, -0.2) is 43.2 Å². The molecule has 2 heterocycles. The largest absolute Gasteiger partial charge is 0.469 e. The minimum Gasteiger partial charge on any atom is -0.469 e. The van der Waals surface area contributed by atoms with E-state index in [0.29, 0.717) is 11.1 Å². The maximum Gasteiger partial charge on any atom is 0.312 e. The molecule has 2 aromatic rings. The number of esters is 1. The van der Waals surface area contributed by atoms with Crippen LogP contribution in [0.15, 0.2) is 54.6 Å². The van der Waals surface area contributed by atoms with E-state index in [0.717, 1.165) is 30.4 Å². The molecule has 2 bridgehead atoms. The van der Waals surface area contributed by atoms with E-state index in [1.807, 2.05) is 42.5 Å². The standard InChI is InChI=1S/C23H26ClNO3/c1-25-18-12-13-19(25)21(23(26)27-2)20(14-18)28-22(15-6-4-3-5-7-15)16-8-10-17(24)11-9-16/h3-11,18-22H,12-14H2,1-2H3/t18-,19+,20+,21+,22?/m1/s1. The van der Waals surface area contributed by atoms with Crippen molar-refractivity contribution in [1.29, 1.82) is 0 Å². The van der Waals surface area contributed by atoms with E-state index in [1.54, 1.807) is 0 Å². The second kappa shape index (κ2) is 8.24. The van der Waals surface area contributed by atoms with Crippen molar-refractivity contribution in [2.24, 2.45) is 5.92 Å². The number of carbonyl (C=O) groups excluding carboxylic acids is 1. The van der Waals surface area contributed by atoms with Crippen molar-refractivity contribution < 1.29 is 14.3 Å². The molecule has 148 valence electrons. The van der Waals surface area contributed by atoms with Gasteiger partial charge in [-0.05, 0) is 49.6 Å². The summed E-state index contributed by atoms with van der Waals surface area (Å²) >= 11 is 6.09. The fourth-order valence-electron chi connectivity index (χ4n) is 4.80. The molecule has 0 amide bonds. The van der Waals surface area contributed by atoms with Crippen LogP contribution in [0.2, 0.25) is 5.02 Å². The molecule has 0 N–H and O–H groups in total. The molecule has 5 atom stereocenters. The van der Waals surface area contributed by atoms with E-state index in [1.165, 1.54) is 7.11 Å². The van der Waals surface area contributed by atoms with Gasteiger partial charge in [0.25, 0.3) is 0 Å². The number of piperidine rings is 1. The zero-order chi connectivity index (χ0) is 19.7. The maximum atomic E-state index is 12.7. The Balaban J connectivity index is 1.67. The molecular weight excluding hydrogens is 374 g/mol. The number of methoxy groups -OCH3 is 1. The van der Waals surface area contributed by atoms with E-state index in [2.05, 4.69) is 24.1 Å². The van der Waals surface area contributed by atoms with Crippen molar-refractivity contribution in [3.63, 3.8) is 0 Å². The molecule has 2 fully saturated rings. The highest BCUT2D eigenvalue weighted by Crippen LogP contribution is 2.42. The Bertz CT molecular complexity index is 810. The lowest BCUT2D eigenvalue weighted by Crippen LogP contribution is -2.53. The van der Waals surface area contributed by atoms with E-state index in [-0.39, 0.29) is 30.1 Å². The number of carbonyl (C=O) groups is 1. The van der Waals surface area contributed by atoms with Crippen LogP contribution < -0.4 is 0 Å². The summed E-state index contributed by atoms with van der Waals surface area (Å²) in [5, 5.41) is 0.695. The monoisotopic (exact) mass is 399 g/mol. The van der Waals surface area contributed by atoms with Gasteiger partial charge < -0.3 is 9.47 Å². The molecule has 2 aliphatic rings. The SMILES string of the molecule is COC(=O)[C@@H]1[C@@H](OC(c2ccccc2)c2ccc(Cl)cc2)C[C@H]2CC[C@@H]1N2C. The Morgan fingerprint density at radius 2 is 1.75 bits per heavy atom. The normalized spacial score (nSPS) is 28.1. The first-order chi connectivity index (χ1) is 13.6. The van der Waals surface area contributed by atoms with Gasteiger partial charge in [0.2, 0.25) is 0 Å². The topological polar surface area (TPSA) is 38.8 Å². The van der Waals surface area contributed by atoms with Crippen LogP contribution in [0.3, 0.4) is 0 Å². The molecule has 0 radical (unpaired) electrons. The Morgan fingerprint density at radius 1 is 1.07 bits per heavy atom. The van der Waals surface area contributed by atoms with Crippen molar-refractivity contribution in [1.82, 2.24) is 4.90 Å². The average molecular weight is 400 g/mol. The van der Waals surface area contributed by atoms with Crippen molar-refractivity contribution in [3.05, 3.63) is 70.7 Å². The van der Waals surface area contributed by atoms with Crippen LogP contribution in [-0.2, 0) is 14.3 Å².